The van der Waals surface area contributed by atoms with E-state index in [9.17, 15) is 9.59 Å². The van der Waals surface area contributed by atoms with Gasteiger partial charge in [0.1, 0.15) is 18.1 Å². The molecule has 0 aliphatic carbocycles. The molecule has 0 aliphatic heterocycles. The van der Waals surface area contributed by atoms with Crippen molar-refractivity contribution in [1.29, 1.82) is 0 Å². The quantitative estimate of drug-likeness (QED) is 0.528. The van der Waals surface area contributed by atoms with Crippen LogP contribution in [0, 0.1) is 0 Å². The average Bonchev–Trinajstić information content (AvgIpc) is 3.11. The van der Waals surface area contributed by atoms with Crippen molar-refractivity contribution in [2.75, 3.05) is 19.6 Å². The predicted molar refractivity (Wildman–Crippen MR) is 117 cm³/mol. The zero-order valence-corrected chi connectivity index (χ0v) is 16.8. The van der Waals surface area contributed by atoms with Gasteiger partial charge in [-0.15, -0.1) is 13.2 Å². The number of hydrogen-bond donors (Lipinski definition) is 1. The fourth-order valence-electron chi connectivity index (χ4n) is 3.19. The summed E-state index contributed by atoms with van der Waals surface area (Å²) in [4.78, 5) is 35.5. The normalized spacial score (nSPS) is 10.5. The van der Waals surface area contributed by atoms with E-state index in [1.54, 1.807) is 41.4 Å². The lowest BCUT2D eigenvalue weighted by molar-refractivity contribution is -0.130. The highest BCUT2D eigenvalue weighted by molar-refractivity contribution is 5.92. The van der Waals surface area contributed by atoms with Crippen molar-refractivity contribution >= 4 is 22.8 Å². The number of imidazole rings is 1. The van der Waals surface area contributed by atoms with Crippen LogP contribution in [0.4, 0.5) is 0 Å². The third-order valence-electron chi connectivity index (χ3n) is 4.61. The smallest absolute Gasteiger partial charge is 0.269 e. The van der Waals surface area contributed by atoms with Gasteiger partial charge in [-0.2, -0.15) is 0 Å². The number of hydrogen-bond acceptors (Lipinski definition) is 4. The van der Waals surface area contributed by atoms with E-state index >= 15 is 0 Å². The summed E-state index contributed by atoms with van der Waals surface area (Å²) in [6.45, 7) is 8.88. The molecule has 7 heteroatoms. The fraction of sp³-hybridized carbons (Fsp3) is 0.217. The first-order valence-corrected chi connectivity index (χ1v) is 9.77. The third kappa shape index (κ3) is 5.00. The Morgan fingerprint density at radius 3 is 2.50 bits per heavy atom. The van der Waals surface area contributed by atoms with Crippen molar-refractivity contribution in [3.63, 3.8) is 0 Å². The van der Waals surface area contributed by atoms with E-state index in [4.69, 9.17) is 0 Å². The van der Waals surface area contributed by atoms with Crippen LogP contribution in [0.5, 0.6) is 0 Å². The van der Waals surface area contributed by atoms with Crippen LogP contribution >= 0.6 is 0 Å². The highest BCUT2D eigenvalue weighted by atomic mass is 16.2. The van der Waals surface area contributed by atoms with Crippen LogP contribution in [-0.4, -0.2) is 50.9 Å². The average molecular weight is 403 g/mol. The van der Waals surface area contributed by atoms with Gasteiger partial charge >= 0.3 is 0 Å². The molecule has 0 saturated carbocycles. The van der Waals surface area contributed by atoms with Crippen LogP contribution in [0.25, 0.3) is 11.0 Å². The maximum Gasteiger partial charge on any atom is 0.269 e. The Morgan fingerprint density at radius 2 is 1.80 bits per heavy atom. The summed E-state index contributed by atoms with van der Waals surface area (Å²) in [5, 5.41) is 2.86. The first kappa shape index (κ1) is 21.0. The lowest BCUT2D eigenvalue weighted by Gasteiger charge is -2.20. The number of benzene rings is 1. The number of carbonyl (C=O) groups excluding carboxylic acids is 2. The van der Waals surface area contributed by atoms with Gasteiger partial charge in [-0.25, -0.2) is 4.98 Å². The van der Waals surface area contributed by atoms with Crippen LogP contribution in [-0.2, 0) is 17.8 Å². The standard InChI is InChI=1S/C23H25N5O2/c1-3-15-27(16-4-2)22(29)17-28-20-11-6-5-9-18(20)26-21(28)12-14-25-23(30)19-10-7-8-13-24-19/h3-11,13H,1-2,12,14-17H2,(H,25,30). The molecule has 1 aromatic carbocycles. The lowest BCUT2D eigenvalue weighted by atomic mass is 10.3. The van der Waals surface area contributed by atoms with E-state index in [1.807, 2.05) is 28.8 Å². The number of nitrogens with one attached hydrogen (secondary N) is 1. The summed E-state index contributed by atoms with van der Waals surface area (Å²) < 4.78 is 1.91. The second kappa shape index (κ2) is 10.2. The van der Waals surface area contributed by atoms with E-state index in [0.29, 0.717) is 31.7 Å². The van der Waals surface area contributed by atoms with Crippen LogP contribution in [0.3, 0.4) is 0 Å². The Kier molecular flexibility index (Phi) is 7.10. The van der Waals surface area contributed by atoms with Crippen molar-refractivity contribution in [2.45, 2.75) is 13.0 Å². The first-order chi connectivity index (χ1) is 14.6. The second-order valence-corrected chi connectivity index (χ2v) is 6.70. The summed E-state index contributed by atoms with van der Waals surface area (Å²) in [6, 6.07) is 12.9. The maximum absolute atomic E-state index is 12.9. The van der Waals surface area contributed by atoms with Gasteiger partial charge in [0.25, 0.3) is 5.91 Å². The molecule has 154 valence electrons. The molecular formula is C23H25N5O2. The lowest BCUT2D eigenvalue weighted by Crippen LogP contribution is -2.34. The van der Waals surface area contributed by atoms with Crippen molar-refractivity contribution in [1.82, 2.24) is 24.8 Å². The highest BCUT2D eigenvalue weighted by Gasteiger charge is 2.17. The molecule has 0 saturated heterocycles. The molecule has 1 N–H and O–H groups in total. The molecule has 3 aromatic rings. The number of carbonyl (C=O) groups is 2. The van der Waals surface area contributed by atoms with E-state index < -0.39 is 0 Å². The van der Waals surface area contributed by atoms with E-state index in [-0.39, 0.29) is 18.4 Å². The maximum atomic E-state index is 12.9. The minimum atomic E-state index is -0.238. The van der Waals surface area contributed by atoms with Crippen molar-refractivity contribution in [3.8, 4) is 0 Å². The molecule has 3 rings (SSSR count). The van der Waals surface area contributed by atoms with Crippen LogP contribution in [0.2, 0.25) is 0 Å². The number of fused-ring (bicyclic) bond motifs is 1. The SMILES string of the molecule is C=CCN(CC=C)C(=O)Cn1c(CCNC(=O)c2ccccn2)nc2ccccc21. The summed E-state index contributed by atoms with van der Waals surface area (Å²) >= 11 is 0. The van der Waals surface area contributed by atoms with Crippen LogP contribution in [0.1, 0.15) is 16.3 Å². The molecule has 7 nitrogen and oxygen atoms in total. The Morgan fingerprint density at radius 1 is 1.07 bits per heavy atom. The van der Waals surface area contributed by atoms with Gasteiger partial charge in [-0.05, 0) is 24.3 Å². The van der Waals surface area contributed by atoms with Crippen LogP contribution < -0.4 is 5.32 Å². The van der Waals surface area contributed by atoms with E-state index in [0.717, 1.165) is 16.9 Å². The number of amides is 2. The number of para-hydroxylation sites is 2. The molecule has 0 unspecified atom stereocenters. The van der Waals surface area contributed by atoms with Crippen molar-refractivity contribution in [3.05, 3.63) is 85.5 Å². The minimum Gasteiger partial charge on any atom is -0.350 e. The van der Waals surface area contributed by atoms with E-state index in [1.165, 1.54) is 0 Å². The highest BCUT2D eigenvalue weighted by Crippen LogP contribution is 2.17. The van der Waals surface area contributed by atoms with Gasteiger partial charge in [0, 0.05) is 32.3 Å². The zero-order chi connectivity index (χ0) is 21.3. The van der Waals surface area contributed by atoms with Gasteiger partial charge in [0.05, 0.1) is 11.0 Å². The minimum absolute atomic E-state index is 0.0447. The van der Waals surface area contributed by atoms with Gasteiger partial charge in [-0.3, -0.25) is 14.6 Å². The summed E-state index contributed by atoms with van der Waals surface area (Å²) in [5.74, 6) is 0.456. The van der Waals surface area contributed by atoms with Gasteiger partial charge < -0.3 is 14.8 Å². The third-order valence-corrected chi connectivity index (χ3v) is 4.61. The Hall–Kier alpha value is -3.74. The molecule has 0 aliphatic rings. The van der Waals surface area contributed by atoms with Gasteiger partial charge in [-0.1, -0.05) is 30.4 Å². The summed E-state index contributed by atoms with van der Waals surface area (Å²) in [5.41, 5.74) is 2.06. The van der Waals surface area contributed by atoms with E-state index in [2.05, 4.69) is 28.4 Å². The molecular weight excluding hydrogens is 378 g/mol. The Labute approximate surface area is 175 Å². The fourth-order valence-corrected chi connectivity index (χ4v) is 3.19. The molecule has 30 heavy (non-hydrogen) atoms. The predicted octanol–water partition coefficient (Wildman–Crippen LogP) is 2.60. The second-order valence-electron chi connectivity index (χ2n) is 6.70. The molecule has 0 spiro atoms. The van der Waals surface area contributed by atoms with Crippen molar-refractivity contribution in [2.24, 2.45) is 0 Å². The number of rotatable bonds is 10. The van der Waals surface area contributed by atoms with Gasteiger partial charge in [0.15, 0.2) is 0 Å². The first-order valence-electron chi connectivity index (χ1n) is 9.77. The summed E-state index contributed by atoms with van der Waals surface area (Å²) in [7, 11) is 0. The Bertz CT molecular complexity index is 1030. The summed E-state index contributed by atoms with van der Waals surface area (Å²) in [6.07, 6.45) is 5.46. The Balaban J connectivity index is 1.76. The molecule has 2 aromatic heterocycles. The monoisotopic (exact) mass is 403 g/mol. The molecule has 0 atom stereocenters. The van der Waals surface area contributed by atoms with Crippen molar-refractivity contribution < 1.29 is 9.59 Å². The number of pyridine rings is 1. The number of nitrogens with zero attached hydrogens (tertiary/aromatic N) is 4. The zero-order valence-electron chi connectivity index (χ0n) is 16.8. The largest absolute Gasteiger partial charge is 0.350 e. The number of aromatic nitrogens is 3. The van der Waals surface area contributed by atoms with Crippen LogP contribution in [0.15, 0.2) is 74.0 Å². The molecule has 2 amide bonds. The molecule has 2 heterocycles. The molecule has 0 radical (unpaired) electrons. The molecule has 0 fully saturated rings. The topological polar surface area (TPSA) is 80.1 Å². The molecule has 0 bridgehead atoms. The van der Waals surface area contributed by atoms with Gasteiger partial charge in [0.2, 0.25) is 5.91 Å².